The zero-order valence-corrected chi connectivity index (χ0v) is 11.8. The Balaban J connectivity index is 3.10. The van der Waals surface area contributed by atoms with Gasteiger partial charge in [-0.25, -0.2) is 9.78 Å². The highest BCUT2D eigenvalue weighted by Gasteiger charge is 2.17. The van der Waals surface area contributed by atoms with Crippen LogP contribution in [0.15, 0.2) is 12.1 Å². The number of nitrogen functional groups attached to an aromatic ring is 1. The maximum atomic E-state index is 11.5. The van der Waals surface area contributed by atoms with Crippen molar-refractivity contribution in [3.63, 3.8) is 0 Å². The van der Waals surface area contributed by atoms with E-state index in [4.69, 9.17) is 10.5 Å². The zero-order chi connectivity index (χ0) is 14.4. The molecule has 0 spiro atoms. The van der Waals surface area contributed by atoms with Gasteiger partial charge in [-0.2, -0.15) is 0 Å². The zero-order valence-electron chi connectivity index (χ0n) is 11.8. The van der Waals surface area contributed by atoms with Gasteiger partial charge in [0.2, 0.25) is 0 Å². The Labute approximate surface area is 113 Å². The average molecular weight is 267 g/mol. The first-order valence-electron chi connectivity index (χ1n) is 6.11. The van der Waals surface area contributed by atoms with E-state index in [0.717, 1.165) is 0 Å². The summed E-state index contributed by atoms with van der Waals surface area (Å²) in [5.74, 6) is 0.103. The number of rotatable bonds is 6. The second-order valence-corrected chi connectivity index (χ2v) is 4.38. The summed E-state index contributed by atoms with van der Waals surface area (Å²) in [7, 11) is 2.96. The van der Waals surface area contributed by atoms with Crippen LogP contribution in [-0.4, -0.2) is 44.4 Å². The molecule has 1 aromatic rings. The number of methoxy groups -OCH3 is 2. The summed E-state index contributed by atoms with van der Waals surface area (Å²) >= 11 is 0. The minimum absolute atomic E-state index is 0.192. The molecule has 0 atom stereocenters. The largest absolute Gasteiger partial charge is 0.464 e. The fraction of sp³-hybridized carbons (Fsp3) is 0.538. The van der Waals surface area contributed by atoms with Gasteiger partial charge in [0.05, 0.1) is 19.4 Å². The molecule has 6 heteroatoms. The van der Waals surface area contributed by atoms with Crippen molar-refractivity contribution in [1.82, 2.24) is 4.98 Å². The van der Waals surface area contributed by atoms with Crippen LogP contribution in [0.25, 0.3) is 0 Å². The van der Waals surface area contributed by atoms with E-state index >= 15 is 0 Å². The molecule has 0 amide bonds. The molecule has 6 nitrogen and oxygen atoms in total. The average Bonchev–Trinajstić information content (AvgIpc) is 2.39. The molecule has 0 fully saturated rings. The van der Waals surface area contributed by atoms with Crippen molar-refractivity contribution in [1.29, 1.82) is 0 Å². The van der Waals surface area contributed by atoms with Crippen LogP contribution in [-0.2, 0) is 9.47 Å². The first kappa shape index (κ1) is 15.2. The highest BCUT2D eigenvalue weighted by atomic mass is 16.5. The van der Waals surface area contributed by atoms with E-state index in [1.54, 1.807) is 19.2 Å². The van der Waals surface area contributed by atoms with E-state index in [2.05, 4.69) is 9.72 Å². The standard InChI is InChI=1S/C13H21N3O3/c1-9(2)16(7-8-18-3)12-10(14)5-6-11(15-12)13(17)19-4/h5-6,9H,7-8,14H2,1-4H3. The number of nitrogens with zero attached hydrogens (tertiary/aromatic N) is 2. The molecular formula is C13H21N3O3. The van der Waals surface area contributed by atoms with Crippen molar-refractivity contribution < 1.29 is 14.3 Å². The van der Waals surface area contributed by atoms with Gasteiger partial charge in [0, 0.05) is 19.7 Å². The maximum absolute atomic E-state index is 11.5. The van der Waals surface area contributed by atoms with Crippen LogP contribution in [0.3, 0.4) is 0 Å². The van der Waals surface area contributed by atoms with Gasteiger partial charge in [0.25, 0.3) is 0 Å². The molecule has 0 radical (unpaired) electrons. The lowest BCUT2D eigenvalue weighted by molar-refractivity contribution is 0.0594. The lowest BCUT2D eigenvalue weighted by Crippen LogP contribution is -2.35. The molecule has 0 saturated carbocycles. The number of anilines is 2. The third kappa shape index (κ3) is 3.82. The fourth-order valence-corrected chi connectivity index (χ4v) is 1.71. The number of esters is 1. The highest BCUT2D eigenvalue weighted by Crippen LogP contribution is 2.23. The Morgan fingerprint density at radius 2 is 2.11 bits per heavy atom. The SMILES string of the molecule is COCCN(c1nc(C(=O)OC)ccc1N)C(C)C. The summed E-state index contributed by atoms with van der Waals surface area (Å²) in [6, 6.07) is 3.41. The molecule has 0 aliphatic heterocycles. The van der Waals surface area contributed by atoms with Gasteiger partial charge in [0.1, 0.15) is 0 Å². The van der Waals surface area contributed by atoms with E-state index < -0.39 is 5.97 Å². The van der Waals surface area contributed by atoms with E-state index in [1.165, 1.54) is 7.11 Å². The molecule has 1 heterocycles. The summed E-state index contributed by atoms with van der Waals surface area (Å²) in [6.07, 6.45) is 0. The summed E-state index contributed by atoms with van der Waals surface area (Å²) < 4.78 is 9.75. The normalized spacial score (nSPS) is 10.6. The van der Waals surface area contributed by atoms with Crippen LogP contribution in [0.4, 0.5) is 11.5 Å². The number of carbonyl (C=O) groups is 1. The van der Waals surface area contributed by atoms with Crippen molar-refractivity contribution in [3.05, 3.63) is 17.8 Å². The fourth-order valence-electron chi connectivity index (χ4n) is 1.71. The third-order valence-electron chi connectivity index (χ3n) is 2.73. The van der Waals surface area contributed by atoms with Crippen LogP contribution in [0, 0.1) is 0 Å². The van der Waals surface area contributed by atoms with E-state index in [0.29, 0.717) is 24.7 Å². The van der Waals surface area contributed by atoms with Crippen LogP contribution in [0.5, 0.6) is 0 Å². The lowest BCUT2D eigenvalue weighted by atomic mass is 10.2. The van der Waals surface area contributed by atoms with Crippen molar-refractivity contribution in [2.75, 3.05) is 38.0 Å². The predicted octanol–water partition coefficient (Wildman–Crippen LogP) is 1.31. The Bertz CT molecular complexity index is 435. The van der Waals surface area contributed by atoms with Crippen LogP contribution >= 0.6 is 0 Å². The topological polar surface area (TPSA) is 77.7 Å². The molecule has 0 aliphatic rings. The van der Waals surface area contributed by atoms with Gasteiger partial charge in [-0.05, 0) is 26.0 Å². The molecule has 0 unspecified atom stereocenters. The van der Waals surface area contributed by atoms with Gasteiger partial charge >= 0.3 is 5.97 Å². The van der Waals surface area contributed by atoms with Crippen LogP contribution < -0.4 is 10.6 Å². The van der Waals surface area contributed by atoms with E-state index in [-0.39, 0.29) is 11.7 Å². The number of carbonyl (C=O) groups excluding carboxylic acids is 1. The molecule has 2 N–H and O–H groups in total. The molecule has 0 saturated heterocycles. The van der Waals surface area contributed by atoms with Gasteiger partial charge < -0.3 is 20.1 Å². The first-order chi connectivity index (χ1) is 9.01. The Hall–Kier alpha value is -1.82. The van der Waals surface area contributed by atoms with Gasteiger partial charge in [-0.15, -0.1) is 0 Å². The molecular weight excluding hydrogens is 246 g/mol. The molecule has 19 heavy (non-hydrogen) atoms. The Morgan fingerprint density at radius 1 is 1.42 bits per heavy atom. The molecule has 0 bridgehead atoms. The van der Waals surface area contributed by atoms with Crippen LogP contribution in [0.1, 0.15) is 24.3 Å². The number of nitrogens with two attached hydrogens (primary N) is 1. The number of pyridine rings is 1. The Kier molecular flexibility index (Phi) is 5.57. The minimum Gasteiger partial charge on any atom is -0.464 e. The van der Waals surface area contributed by atoms with Gasteiger partial charge in [0.15, 0.2) is 11.5 Å². The summed E-state index contributed by atoms with van der Waals surface area (Å²) in [5, 5.41) is 0. The van der Waals surface area contributed by atoms with Crippen molar-refractivity contribution in [2.24, 2.45) is 0 Å². The van der Waals surface area contributed by atoms with Crippen molar-refractivity contribution in [2.45, 2.75) is 19.9 Å². The van der Waals surface area contributed by atoms with Crippen molar-refractivity contribution in [3.8, 4) is 0 Å². The number of hydrogen-bond donors (Lipinski definition) is 1. The maximum Gasteiger partial charge on any atom is 0.356 e. The lowest BCUT2D eigenvalue weighted by Gasteiger charge is -2.28. The third-order valence-corrected chi connectivity index (χ3v) is 2.73. The highest BCUT2D eigenvalue weighted by molar-refractivity contribution is 5.88. The van der Waals surface area contributed by atoms with Crippen LogP contribution in [0.2, 0.25) is 0 Å². The molecule has 0 aliphatic carbocycles. The molecule has 1 rings (SSSR count). The van der Waals surface area contributed by atoms with Gasteiger partial charge in [-0.3, -0.25) is 0 Å². The van der Waals surface area contributed by atoms with Gasteiger partial charge in [-0.1, -0.05) is 0 Å². The summed E-state index contributed by atoms with van der Waals surface area (Å²) in [6.45, 7) is 5.26. The van der Waals surface area contributed by atoms with E-state index in [1.807, 2.05) is 18.7 Å². The summed E-state index contributed by atoms with van der Waals surface area (Å²) in [5.41, 5.74) is 6.71. The monoisotopic (exact) mass is 267 g/mol. The molecule has 1 aromatic heterocycles. The number of hydrogen-bond acceptors (Lipinski definition) is 6. The summed E-state index contributed by atoms with van der Waals surface area (Å²) in [4.78, 5) is 17.8. The number of ether oxygens (including phenoxy) is 2. The first-order valence-corrected chi connectivity index (χ1v) is 6.11. The number of aromatic nitrogens is 1. The predicted molar refractivity (Wildman–Crippen MR) is 74.3 cm³/mol. The van der Waals surface area contributed by atoms with E-state index in [9.17, 15) is 4.79 Å². The molecule has 0 aromatic carbocycles. The second kappa shape index (κ2) is 6.94. The molecule has 106 valence electrons. The van der Waals surface area contributed by atoms with Crippen molar-refractivity contribution >= 4 is 17.5 Å². The minimum atomic E-state index is -0.475. The smallest absolute Gasteiger partial charge is 0.356 e. The Morgan fingerprint density at radius 3 is 2.63 bits per heavy atom. The second-order valence-electron chi connectivity index (χ2n) is 4.38. The quantitative estimate of drug-likeness (QED) is 0.783.